The van der Waals surface area contributed by atoms with Crippen LogP contribution in [-0.2, 0) is 6.54 Å². The Hall–Kier alpha value is -0.510. The molecule has 0 aromatic heterocycles. The highest BCUT2D eigenvalue weighted by Crippen LogP contribution is 2.22. The first-order chi connectivity index (χ1) is 7.01. The molecule has 1 aromatic carbocycles. The Bertz CT molecular complexity index is 289. The molecule has 0 bridgehead atoms. The van der Waals surface area contributed by atoms with E-state index >= 15 is 0 Å². The molecule has 0 unspecified atom stereocenters. The molecular formula is C12H19NOS. The number of hydrogen-bond acceptors (Lipinski definition) is 3. The van der Waals surface area contributed by atoms with E-state index in [4.69, 9.17) is 0 Å². The summed E-state index contributed by atoms with van der Waals surface area (Å²) in [4.78, 5) is 1.21. The van der Waals surface area contributed by atoms with Crippen LogP contribution in [0.5, 0.6) is 0 Å². The van der Waals surface area contributed by atoms with Gasteiger partial charge >= 0.3 is 0 Å². The molecule has 0 fully saturated rings. The van der Waals surface area contributed by atoms with Crippen LogP contribution in [0.1, 0.15) is 19.4 Å². The number of thioether (sulfide) groups is 1. The second kappa shape index (κ2) is 5.54. The van der Waals surface area contributed by atoms with Gasteiger partial charge < -0.3 is 10.4 Å². The Morgan fingerprint density at radius 1 is 1.27 bits per heavy atom. The van der Waals surface area contributed by atoms with Crippen molar-refractivity contribution in [1.82, 2.24) is 5.32 Å². The maximum absolute atomic E-state index is 9.59. The highest BCUT2D eigenvalue weighted by molar-refractivity contribution is 7.99. The number of benzene rings is 1. The van der Waals surface area contributed by atoms with Gasteiger partial charge in [0.05, 0.1) is 5.60 Å². The van der Waals surface area contributed by atoms with Crippen molar-refractivity contribution >= 4 is 11.8 Å². The summed E-state index contributed by atoms with van der Waals surface area (Å²) >= 11 is 1.68. The lowest BCUT2D eigenvalue weighted by atomic mass is 10.2. The van der Waals surface area contributed by atoms with Crippen molar-refractivity contribution < 1.29 is 5.11 Å². The summed E-state index contributed by atoms with van der Waals surface area (Å²) in [6.07, 6.45) is 0. The van der Waals surface area contributed by atoms with Crippen LogP contribution >= 0.6 is 11.8 Å². The van der Waals surface area contributed by atoms with Crippen LogP contribution in [0.3, 0.4) is 0 Å². The van der Waals surface area contributed by atoms with E-state index in [0.29, 0.717) is 0 Å². The van der Waals surface area contributed by atoms with E-state index in [0.717, 1.165) is 12.3 Å². The zero-order valence-electron chi connectivity index (χ0n) is 9.58. The average Bonchev–Trinajstić information content (AvgIpc) is 2.16. The van der Waals surface area contributed by atoms with E-state index in [1.807, 2.05) is 20.9 Å². The fourth-order valence-corrected chi connectivity index (χ4v) is 2.02. The molecule has 0 aliphatic carbocycles. The first-order valence-corrected chi connectivity index (χ1v) is 6.08. The van der Waals surface area contributed by atoms with Gasteiger partial charge in [0.25, 0.3) is 0 Å². The molecule has 0 aliphatic rings. The normalized spacial score (nSPS) is 11.7. The average molecular weight is 225 g/mol. The van der Waals surface area contributed by atoms with Crippen molar-refractivity contribution in [1.29, 1.82) is 0 Å². The minimum absolute atomic E-state index is 0.603. The van der Waals surface area contributed by atoms with Gasteiger partial charge in [0, 0.05) is 17.2 Å². The van der Waals surface area contributed by atoms with Gasteiger partial charge in [0.15, 0.2) is 0 Å². The first kappa shape index (κ1) is 12.6. The summed E-state index contributed by atoms with van der Waals surface area (Å²) in [6, 6.07) is 8.43. The summed E-state index contributed by atoms with van der Waals surface area (Å²) in [5.41, 5.74) is 0.680. The third-order valence-corrected chi connectivity index (χ3v) is 3.35. The molecule has 84 valence electrons. The Balaban J connectivity index is 2.50. The monoisotopic (exact) mass is 225 g/mol. The van der Waals surface area contributed by atoms with Gasteiger partial charge in [-0.2, -0.15) is 0 Å². The van der Waals surface area contributed by atoms with E-state index in [9.17, 15) is 5.11 Å². The number of aliphatic hydroxyl groups is 1. The summed E-state index contributed by atoms with van der Waals surface area (Å²) in [6.45, 7) is 4.56. The lowest BCUT2D eigenvalue weighted by Gasteiger charge is -2.16. The molecule has 2 N–H and O–H groups in total. The van der Waals surface area contributed by atoms with Crippen LogP contribution in [0, 0.1) is 0 Å². The van der Waals surface area contributed by atoms with Gasteiger partial charge in [-0.15, -0.1) is 11.8 Å². The molecule has 0 spiro atoms. The molecule has 0 amide bonds. The van der Waals surface area contributed by atoms with E-state index in [1.54, 1.807) is 11.8 Å². The van der Waals surface area contributed by atoms with Crippen LogP contribution in [-0.4, -0.2) is 23.5 Å². The lowest BCUT2D eigenvalue weighted by molar-refractivity contribution is 0.107. The summed E-state index contributed by atoms with van der Waals surface area (Å²) in [5, 5.41) is 12.7. The van der Waals surface area contributed by atoms with E-state index in [-0.39, 0.29) is 0 Å². The second-order valence-corrected chi connectivity index (χ2v) is 5.32. The topological polar surface area (TPSA) is 32.3 Å². The second-order valence-electron chi connectivity index (χ2n) is 4.28. The van der Waals surface area contributed by atoms with Crippen molar-refractivity contribution in [3.8, 4) is 0 Å². The van der Waals surface area contributed by atoms with Crippen molar-refractivity contribution in [2.75, 3.05) is 12.8 Å². The first-order valence-electron chi connectivity index (χ1n) is 5.10. The molecule has 1 rings (SSSR count). The molecule has 0 atom stereocenters. The fraction of sp³-hybridized carbons (Fsp3) is 0.500. The minimum Gasteiger partial charge on any atom is -0.390 e. The van der Waals surface area contributed by atoms with Crippen LogP contribution in [0.15, 0.2) is 29.2 Å². The number of hydrogen-bond donors (Lipinski definition) is 2. The minimum atomic E-state index is -0.603. The van der Waals surface area contributed by atoms with E-state index in [1.165, 1.54) is 10.5 Å². The summed E-state index contributed by atoms with van der Waals surface area (Å²) < 4.78 is 0. The van der Waals surface area contributed by atoms with Gasteiger partial charge in [-0.3, -0.25) is 0 Å². The maximum atomic E-state index is 9.59. The quantitative estimate of drug-likeness (QED) is 0.754. The Morgan fingerprint density at radius 3 is 2.33 bits per heavy atom. The largest absolute Gasteiger partial charge is 0.390 e. The lowest BCUT2D eigenvalue weighted by Crippen LogP contribution is -2.21. The van der Waals surface area contributed by atoms with E-state index in [2.05, 4.69) is 29.6 Å². The predicted octanol–water partition coefficient (Wildman–Crippen LogP) is 2.27. The molecule has 0 saturated heterocycles. The smallest absolute Gasteiger partial charge is 0.0685 e. The third-order valence-electron chi connectivity index (χ3n) is 1.90. The molecule has 3 heteroatoms. The van der Waals surface area contributed by atoms with Crippen molar-refractivity contribution in [2.45, 2.75) is 30.9 Å². The summed E-state index contributed by atoms with van der Waals surface area (Å²) in [5.74, 6) is 0.721. The highest BCUT2D eigenvalue weighted by atomic mass is 32.2. The number of rotatable bonds is 5. The Morgan fingerprint density at radius 2 is 1.87 bits per heavy atom. The molecule has 0 aliphatic heterocycles. The number of nitrogens with one attached hydrogen (secondary N) is 1. The molecular weight excluding hydrogens is 206 g/mol. The molecule has 15 heavy (non-hydrogen) atoms. The van der Waals surface area contributed by atoms with Gasteiger partial charge in [-0.25, -0.2) is 0 Å². The van der Waals surface area contributed by atoms with Crippen molar-refractivity contribution in [3.05, 3.63) is 29.8 Å². The zero-order chi connectivity index (χ0) is 11.3. The summed E-state index contributed by atoms with van der Waals surface area (Å²) in [7, 11) is 1.94. The molecule has 2 nitrogen and oxygen atoms in total. The van der Waals surface area contributed by atoms with Gasteiger partial charge in [-0.1, -0.05) is 12.1 Å². The Kier molecular flexibility index (Phi) is 4.64. The highest BCUT2D eigenvalue weighted by Gasteiger charge is 2.12. The van der Waals surface area contributed by atoms with Crippen LogP contribution < -0.4 is 5.32 Å². The fourth-order valence-electron chi connectivity index (χ4n) is 1.17. The molecule has 0 saturated carbocycles. The van der Waals surface area contributed by atoms with Crippen molar-refractivity contribution in [3.63, 3.8) is 0 Å². The van der Waals surface area contributed by atoms with E-state index < -0.39 is 5.60 Å². The Labute approximate surface area is 96.1 Å². The molecule has 0 radical (unpaired) electrons. The van der Waals surface area contributed by atoms with Crippen molar-refractivity contribution in [2.24, 2.45) is 0 Å². The van der Waals surface area contributed by atoms with Gasteiger partial charge in [0.1, 0.15) is 0 Å². The van der Waals surface area contributed by atoms with Crippen LogP contribution in [0.25, 0.3) is 0 Å². The maximum Gasteiger partial charge on any atom is 0.0685 e. The van der Waals surface area contributed by atoms with Gasteiger partial charge in [0.2, 0.25) is 0 Å². The van der Waals surface area contributed by atoms with Gasteiger partial charge in [-0.05, 0) is 38.6 Å². The SMILES string of the molecule is CNCc1ccc(SCC(C)(C)O)cc1. The molecule has 1 aromatic rings. The standard InChI is InChI=1S/C12H19NOS/c1-12(2,14)9-15-11-6-4-10(5-7-11)8-13-3/h4-7,13-14H,8-9H2,1-3H3. The third kappa shape index (κ3) is 5.21. The predicted molar refractivity (Wildman–Crippen MR) is 66.2 cm³/mol. The van der Waals surface area contributed by atoms with Crippen LogP contribution in [0.2, 0.25) is 0 Å². The zero-order valence-corrected chi connectivity index (χ0v) is 10.4. The van der Waals surface area contributed by atoms with Crippen LogP contribution in [0.4, 0.5) is 0 Å². The molecule has 0 heterocycles.